The van der Waals surface area contributed by atoms with Crippen molar-refractivity contribution >= 4 is 5.91 Å². The van der Waals surface area contributed by atoms with Gasteiger partial charge in [-0.3, -0.25) is 10.1 Å². The highest BCUT2D eigenvalue weighted by Gasteiger charge is 2.48. The molecule has 4 nitrogen and oxygen atoms in total. The molecule has 3 aliphatic rings. The molecule has 0 unspecified atom stereocenters. The van der Waals surface area contributed by atoms with E-state index in [2.05, 4.69) is 34.6 Å². The zero-order chi connectivity index (χ0) is 16.6. The number of allylic oxidation sites excluding steroid dienone is 1. The van der Waals surface area contributed by atoms with Gasteiger partial charge in [-0.1, -0.05) is 30.3 Å². The van der Waals surface area contributed by atoms with Crippen molar-refractivity contribution in [3.05, 3.63) is 47.2 Å². The summed E-state index contributed by atoms with van der Waals surface area (Å²) in [6, 6.07) is 10.2. The number of nitrogens with one attached hydrogen (secondary N) is 2. The molecule has 4 heteroatoms. The van der Waals surface area contributed by atoms with Crippen molar-refractivity contribution in [2.75, 3.05) is 13.1 Å². The Labute approximate surface area is 144 Å². The van der Waals surface area contributed by atoms with Crippen molar-refractivity contribution in [1.82, 2.24) is 15.5 Å². The molecule has 2 N–H and O–H groups in total. The third kappa shape index (κ3) is 2.63. The molecule has 4 rings (SSSR count). The van der Waals surface area contributed by atoms with Crippen molar-refractivity contribution < 1.29 is 4.79 Å². The molecule has 1 saturated carbocycles. The van der Waals surface area contributed by atoms with E-state index in [0.29, 0.717) is 12.5 Å². The molecular formula is C20H27N3O. The SMILES string of the molecule is CC1=C(C(=O)NCc2ccccc2)[C@@H]2CCC[C@]3(C2)NCCCN13. The summed E-state index contributed by atoms with van der Waals surface area (Å²) in [5.74, 6) is 0.527. The third-order valence-electron chi connectivity index (χ3n) is 6.00. The number of carbonyl (C=O) groups is 1. The van der Waals surface area contributed by atoms with E-state index in [9.17, 15) is 4.79 Å². The normalized spacial score (nSPS) is 29.2. The average molecular weight is 325 g/mol. The number of rotatable bonds is 3. The van der Waals surface area contributed by atoms with Gasteiger partial charge in [0.15, 0.2) is 0 Å². The Balaban J connectivity index is 1.56. The molecule has 2 atom stereocenters. The van der Waals surface area contributed by atoms with Crippen molar-refractivity contribution in [3.8, 4) is 0 Å². The van der Waals surface area contributed by atoms with Gasteiger partial charge in [0.2, 0.25) is 5.91 Å². The standard InChI is InChI=1S/C20H27N3O/c1-15-18(19(24)21-14-16-7-3-2-4-8-16)17-9-5-10-20(13-17)22-11-6-12-23(15)20/h2-4,7-8,17,22H,5-6,9-14H2,1H3,(H,21,24)/t17-,20+/m1/s1. The Morgan fingerprint density at radius 3 is 3.00 bits per heavy atom. The number of benzene rings is 1. The lowest BCUT2D eigenvalue weighted by Crippen LogP contribution is -2.66. The second kappa shape index (κ2) is 6.25. The molecule has 0 radical (unpaired) electrons. The molecule has 1 spiro atoms. The minimum Gasteiger partial charge on any atom is -0.356 e. The molecule has 1 amide bonds. The van der Waals surface area contributed by atoms with E-state index >= 15 is 0 Å². The van der Waals surface area contributed by atoms with Crippen LogP contribution >= 0.6 is 0 Å². The molecule has 0 aromatic heterocycles. The second-order valence-electron chi connectivity index (χ2n) is 7.42. The maximum atomic E-state index is 12.9. The zero-order valence-corrected chi connectivity index (χ0v) is 14.5. The van der Waals surface area contributed by atoms with E-state index in [1.165, 1.54) is 18.5 Å². The number of amides is 1. The third-order valence-corrected chi connectivity index (χ3v) is 6.00. The Morgan fingerprint density at radius 1 is 1.33 bits per heavy atom. The second-order valence-corrected chi connectivity index (χ2v) is 7.42. The lowest BCUT2D eigenvalue weighted by molar-refractivity contribution is -0.119. The highest BCUT2D eigenvalue weighted by atomic mass is 16.1. The summed E-state index contributed by atoms with van der Waals surface area (Å²) in [5, 5.41) is 6.93. The van der Waals surface area contributed by atoms with Gasteiger partial charge < -0.3 is 10.2 Å². The van der Waals surface area contributed by atoms with Crippen LogP contribution < -0.4 is 10.6 Å². The molecule has 1 aromatic carbocycles. The number of hydrogen-bond donors (Lipinski definition) is 2. The van der Waals surface area contributed by atoms with Crippen LogP contribution in [0.25, 0.3) is 0 Å². The Morgan fingerprint density at radius 2 is 2.17 bits per heavy atom. The maximum absolute atomic E-state index is 12.9. The van der Waals surface area contributed by atoms with Crippen LogP contribution in [0.5, 0.6) is 0 Å². The van der Waals surface area contributed by atoms with Gasteiger partial charge in [-0.15, -0.1) is 0 Å². The van der Waals surface area contributed by atoms with Crippen LogP contribution in [0, 0.1) is 5.92 Å². The predicted molar refractivity (Wildman–Crippen MR) is 95.0 cm³/mol. The molecular weight excluding hydrogens is 298 g/mol. The van der Waals surface area contributed by atoms with Gasteiger partial charge in [0.25, 0.3) is 0 Å². The number of carbonyl (C=O) groups excluding carboxylic acids is 1. The van der Waals surface area contributed by atoms with Crippen LogP contribution in [-0.2, 0) is 11.3 Å². The first kappa shape index (κ1) is 15.7. The first-order valence-electron chi connectivity index (χ1n) is 9.25. The van der Waals surface area contributed by atoms with Gasteiger partial charge in [0, 0.05) is 24.4 Å². The van der Waals surface area contributed by atoms with Crippen LogP contribution in [0.2, 0.25) is 0 Å². The fraction of sp³-hybridized carbons (Fsp3) is 0.550. The molecule has 1 saturated heterocycles. The van der Waals surface area contributed by atoms with Crippen molar-refractivity contribution in [2.45, 2.75) is 51.2 Å². The summed E-state index contributed by atoms with van der Waals surface area (Å²) in [4.78, 5) is 15.4. The largest absolute Gasteiger partial charge is 0.356 e. The van der Waals surface area contributed by atoms with E-state index in [1.807, 2.05) is 18.2 Å². The van der Waals surface area contributed by atoms with Crippen LogP contribution in [-0.4, -0.2) is 29.6 Å². The monoisotopic (exact) mass is 325 g/mol. The smallest absolute Gasteiger partial charge is 0.249 e. The topological polar surface area (TPSA) is 44.4 Å². The molecule has 1 aromatic rings. The molecule has 1 aliphatic carbocycles. The van der Waals surface area contributed by atoms with Gasteiger partial charge in [-0.25, -0.2) is 0 Å². The summed E-state index contributed by atoms with van der Waals surface area (Å²) in [6.45, 7) is 4.93. The van der Waals surface area contributed by atoms with Gasteiger partial charge >= 0.3 is 0 Å². The van der Waals surface area contributed by atoms with Crippen LogP contribution in [0.15, 0.2) is 41.6 Å². The molecule has 24 heavy (non-hydrogen) atoms. The molecule has 2 aliphatic heterocycles. The summed E-state index contributed by atoms with van der Waals surface area (Å²) in [5.41, 5.74) is 3.50. The fourth-order valence-corrected chi connectivity index (χ4v) is 4.93. The predicted octanol–water partition coefficient (Wildman–Crippen LogP) is 2.77. The maximum Gasteiger partial charge on any atom is 0.249 e. The minimum absolute atomic E-state index is 0.120. The van der Waals surface area contributed by atoms with Gasteiger partial charge in [0.1, 0.15) is 0 Å². The van der Waals surface area contributed by atoms with Crippen LogP contribution in [0.3, 0.4) is 0 Å². The highest BCUT2D eigenvalue weighted by molar-refractivity contribution is 5.94. The average Bonchev–Trinajstić information content (AvgIpc) is 2.61. The number of nitrogens with zero attached hydrogens (tertiary/aromatic N) is 1. The molecule has 2 bridgehead atoms. The van der Waals surface area contributed by atoms with E-state index in [1.54, 1.807) is 0 Å². The Bertz CT molecular complexity index is 650. The summed E-state index contributed by atoms with van der Waals surface area (Å²) in [6.07, 6.45) is 5.79. The first-order chi connectivity index (χ1) is 11.7. The Hall–Kier alpha value is -1.81. The molecule has 128 valence electrons. The zero-order valence-electron chi connectivity index (χ0n) is 14.5. The highest BCUT2D eigenvalue weighted by Crippen LogP contribution is 2.46. The quantitative estimate of drug-likeness (QED) is 0.898. The summed E-state index contributed by atoms with van der Waals surface area (Å²) < 4.78 is 0. The number of fused-ring (bicyclic) bond motifs is 1. The molecule has 2 heterocycles. The van der Waals surface area contributed by atoms with E-state index in [4.69, 9.17) is 0 Å². The summed E-state index contributed by atoms with van der Waals surface area (Å²) >= 11 is 0. The van der Waals surface area contributed by atoms with Gasteiger partial charge in [-0.05, 0) is 57.1 Å². The fourth-order valence-electron chi connectivity index (χ4n) is 4.93. The number of hydrogen-bond acceptors (Lipinski definition) is 3. The van der Waals surface area contributed by atoms with E-state index < -0.39 is 0 Å². The van der Waals surface area contributed by atoms with Crippen molar-refractivity contribution in [2.24, 2.45) is 5.92 Å². The first-order valence-corrected chi connectivity index (χ1v) is 9.25. The van der Waals surface area contributed by atoms with Gasteiger partial charge in [-0.2, -0.15) is 0 Å². The van der Waals surface area contributed by atoms with Crippen LogP contribution in [0.1, 0.15) is 44.6 Å². The van der Waals surface area contributed by atoms with Crippen molar-refractivity contribution in [3.63, 3.8) is 0 Å². The molecule has 2 fully saturated rings. The van der Waals surface area contributed by atoms with Crippen LogP contribution in [0.4, 0.5) is 0 Å². The lowest BCUT2D eigenvalue weighted by Gasteiger charge is -2.57. The van der Waals surface area contributed by atoms with E-state index in [-0.39, 0.29) is 11.6 Å². The summed E-state index contributed by atoms with van der Waals surface area (Å²) in [7, 11) is 0. The van der Waals surface area contributed by atoms with Gasteiger partial charge in [0.05, 0.1) is 5.66 Å². The van der Waals surface area contributed by atoms with Crippen molar-refractivity contribution in [1.29, 1.82) is 0 Å². The minimum atomic E-state index is 0.120. The van der Waals surface area contributed by atoms with E-state index in [0.717, 1.165) is 43.5 Å². The lowest BCUT2D eigenvalue weighted by atomic mass is 9.71. The Kier molecular flexibility index (Phi) is 4.09.